The van der Waals surface area contributed by atoms with Crippen LogP contribution in [0.1, 0.15) is 50.7 Å². The fourth-order valence-corrected chi connectivity index (χ4v) is 4.58. The van der Waals surface area contributed by atoms with E-state index in [9.17, 15) is 19.8 Å². The first kappa shape index (κ1) is 26.7. The third-order valence-electron chi connectivity index (χ3n) is 6.52. The summed E-state index contributed by atoms with van der Waals surface area (Å²) >= 11 is 0. The Hall–Kier alpha value is -4.34. The molecule has 2 heterocycles. The summed E-state index contributed by atoms with van der Waals surface area (Å²) in [4.78, 5) is 24.6. The number of unbranched alkanes of at least 4 members (excludes halogenated alkanes) is 1. The van der Waals surface area contributed by atoms with Gasteiger partial charge in [-0.3, -0.25) is 9.59 Å². The lowest BCUT2D eigenvalue weighted by molar-refractivity contribution is -0.120. The van der Waals surface area contributed by atoms with Crippen LogP contribution >= 0.6 is 0 Å². The molecule has 0 atom stereocenters. The number of hydrogen-bond acceptors (Lipinski definition) is 6. The lowest BCUT2D eigenvalue weighted by Gasteiger charge is -2.01. The number of aromatic hydroxyl groups is 2. The van der Waals surface area contributed by atoms with Gasteiger partial charge in [0.2, 0.25) is 11.8 Å². The molecule has 0 spiro atoms. The fraction of sp³-hybridized carbons (Fsp3) is 0.357. The zero-order valence-corrected chi connectivity index (χ0v) is 22.1. The van der Waals surface area contributed by atoms with Crippen LogP contribution in [0.15, 0.2) is 56.9 Å². The van der Waals surface area contributed by atoms with Crippen LogP contribution in [0.25, 0.3) is 21.8 Å². The SMILES string of the molecule is CCn1c(O)c(N=NC(=O)CCCCC(=O)N=Nc2c(O)n(CC)c3ccc(C)cc23)c2cc(C)ccc21. The zero-order valence-electron chi connectivity index (χ0n) is 22.1. The standard InChI is InChI=1S/C28H32N6O4/c1-5-33-21-13-11-17(3)15-19(21)25(27(33)37)31-29-23(35)9-7-8-10-24(36)30-32-26-20-16-18(4)12-14-22(20)34(6-2)28(26)38/h11-16,37-38H,5-10H2,1-4H3. The second-order valence-corrected chi connectivity index (χ2v) is 9.27. The normalized spacial score (nSPS) is 12.0. The van der Waals surface area contributed by atoms with E-state index in [4.69, 9.17) is 0 Å². The van der Waals surface area contributed by atoms with Crippen LogP contribution in [-0.2, 0) is 22.7 Å². The van der Waals surface area contributed by atoms with E-state index in [1.54, 1.807) is 9.13 Å². The number of rotatable bonds is 9. The van der Waals surface area contributed by atoms with Gasteiger partial charge in [0.1, 0.15) is 0 Å². The van der Waals surface area contributed by atoms with Gasteiger partial charge in [0, 0.05) is 36.7 Å². The molecule has 4 aromatic rings. The van der Waals surface area contributed by atoms with Crippen LogP contribution < -0.4 is 0 Å². The molecular weight excluding hydrogens is 484 g/mol. The summed E-state index contributed by atoms with van der Waals surface area (Å²) in [5, 5.41) is 38.2. The van der Waals surface area contributed by atoms with Gasteiger partial charge >= 0.3 is 0 Å². The molecule has 2 N–H and O–H groups in total. The summed E-state index contributed by atoms with van der Waals surface area (Å²) in [5.74, 6) is -0.917. The van der Waals surface area contributed by atoms with Gasteiger partial charge in [-0.2, -0.15) is 0 Å². The minimum atomic E-state index is -0.434. The molecule has 0 aliphatic heterocycles. The maximum atomic E-state index is 12.3. The molecule has 0 bridgehead atoms. The maximum Gasteiger partial charge on any atom is 0.264 e. The van der Waals surface area contributed by atoms with Crippen molar-refractivity contribution in [3.8, 4) is 11.8 Å². The summed E-state index contributed by atoms with van der Waals surface area (Å²) in [5.41, 5.74) is 4.23. The molecular formula is C28H32N6O4. The summed E-state index contributed by atoms with van der Waals surface area (Å²) in [7, 11) is 0. The fourth-order valence-electron chi connectivity index (χ4n) is 4.58. The largest absolute Gasteiger partial charge is 0.493 e. The highest BCUT2D eigenvalue weighted by Gasteiger charge is 2.17. The molecule has 0 saturated carbocycles. The van der Waals surface area contributed by atoms with Gasteiger partial charge in [-0.25, -0.2) is 0 Å². The first-order chi connectivity index (χ1) is 18.2. The molecule has 2 aromatic carbocycles. The quantitative estimate of drug-likeness (QED) is 0.180. The van der Waals surface area contributed by atoms with Gasteiger partial charge in [-0.05, 0) is 64.8 Å². The van der Waals surface area contributed by atoms with Crippen molar-refractivity contribution >= 4 is 45.0 Å². The van der Waals surface area contributed by atoms with Crippen LogP contribution in [0.5, 0.6) is 11.8 Å². The summed E-state index contributed by atoms with van der Waals surface area (Å²) < 4.78 is 3.43. The second-order valence-electron chi connectivity index (χ2n) is 9.27. The third-order valence-corrected chi connectivity index (χ3v) is 6.52. The number of azo groups is 2. The Morgan fingerprint density at radius 3 is 1.47 bits per heavy atom. The van der Waals surface area contributed by atoms with Crippen LogP contribution in [0.3, 0.4) is 0 Å². The number of carbonyl (C=O) groups excluding carboxylic acids is 2. The number of carbonyl (C=O) groups is 2. The first-order valence-corrected chi connectivity index (χ1v) is 12.8. The molecule has 2 amide bonds. The highest BCUT2D eigenvalue weighted by atomic mass is 16.3. The van der Waals surface area contributed by atoms with Crippen molar-refractivity contribution in [2.45, 2.75) is 66.5 Å². The minimum absolute atomic E-state index is 0.0242. The van der Waals surface area contributed by atoms with E-state index < -0.39 is 11.8 Å². The topological polar surface area (TPSA) is 134 Å². The average molecular weight is 517 g/mol. The third kappa shape index (κ3) is 5.34. The molecule has 0 aliphatic rings. The first-order valence-electron chi connectivity index (χ1n) is 12.8. The summed E-state index contributed by atoms with van der Waals surface area (Å²) in [6, 6.07) is 11.5. The van der Waals surface area contributed by atoms with E-state index in [1.807, 2.05) is 64.1 Å². The van der Waals surface area contributed by atoms with Crippen molar-refractivity contribution in [2.24, 2.45) is 20.5 Å². The molecule has 10 heteroatoms. The Bertz CT molecular complexity index is 1460. The van der Waals surface area contributed by atoms with Crippen molar-refractivity contribution in [3.05, 3.63) is 47.5 Å². The van der Waals surface area contributed by atoms with E-state index >= 15 is 0 Å². The highest BCUT2D eigenvalue weighted by molar-refractivity contribution is 5.96. The number of hydrogen-bond donors (Lipinski definition) is 2. The molecule has 0 radical (unpaired) electrons. The van der Waals surface area contributed by atoms with E-state index in [0.29, 0.717) is 25.9 Å². The zero-order chi connectivity index (χ0) is 27.4. The molecule has 0 unspecified atom stereocenters. The van der Waals surface area contributed by atoms with Gasteiger partial charge in [-0.15, -0.1) is 20.5 Å². The molecule has 2 aromatic heterocycles. The number of aromatic nitrogens is 2. The Morgan fingerprint density at radius 1 is 0.711 bits per heavy atom. The van der Waals surface area contributed by atoms with Crippen LogP contribution in [0.2, 0.25) is 0 Å². The Morgan fingerprint density at radius 2 is 1.11 bits per heavy atom. The molecule has 0 fully saturated rings. The van der Waals surface area contributed by atoms with Gasteiger partial charge in [0.15, 0.2) is 11.4 Å². The number of fused-ring (bicyclic) bond motifs is 2. The van der Waals surface area contributed by atoms with Gasteiger partial charge < -0.3 is 19.3 Å². The van der Waals surface area contributed by atoms with Gasteiger partial charge in [-0.1, -0.05) is 23.3 Å². The van der Waals surface area contributed by atoms with Crippen molar-refractivity contribution in [1.29, 1.82) is 0 Å². The van der Waals surface area contributed by atoms with Crippen molar-refractivity contribution < 1.29 is 19.8 Å². The molecule has 10 nitrogen and oxygen atoms in total. The molecule has 4 rings (SSSR count). The second kappa shape index (κ2) is 11.4. The van der Waals surface area contributed by atoms with Crippen LogP contribution in [-0.4, -0.2) is 31.2 Å². The lowest BCUT2D eigenvalue weighted by Crippen LogP contribution is -1.95. The van der Waals surface area contributed by atoms with Gasteiger partial charge in [0.25, 0.3) is 11.8 Å². The van der Waals surface area contributed by atoms with Crippen molar-refractivity contribution in [1.82, 2.24) is 9.13 Å². The summed E-state index contributed by atoms with van der Waals surface area (Å²) in [6.45, 7) is 8.83. The predicted molar refractivity (Wildman–Crippen MR) is 146 cm³/mol. The van der Waals surface area contributed by atoms with E-state index in [-0.39, 0.29) is 36.0 Å². The van der Waals surface area contributed by atoms with E-state index in [0.717, 1.165) is 32.9 Å². The molecule has 38 heavy (non-hydrogen) atoms. The van der Waals surface area contributed by atoms with Gasteiger partial charge in [0.05, 0.1) is 11.0 Å². The molecule has 0 aliphatic carbocycles. The number of nitrogens with zero attached hydrogens (tertiary/aromatic N) is 6. The van der Waals surface area contributed by atoms with Crippen LogP contribution in [0.4, 0.5) is 11.4 Å². The highest BCUT2D eigenvalue weighted by Crippen LogP contribution is 2.40. The summed E-state index contributed by atoms with van der Waals surface area (Å²) in [6.07, 6.45) is 1.09. The average Bonchev–Trinajstić information content (AvgIpc) is 3.31. The lowest BCUT2D eigenvalue weighted by atomic mass is 10.1. The van der Waals surface area contributed by atoms with E-state index in [2.05, 4.69) is 20.5 Å². The monoisotopic (exact) mass is 516 g/mol. The number of amides is 2. The van der Waals surface area contributed by atoms with Crippen LogP contribution in [0, 0.1) is 13.8 Å². The predicted octanol–water partition coefficient (Wildman–Crippen LogP) is 7.15. The van der Waals surface area contributed by atoms with Crippen molar-refractivity contribution in [3.63, 3.8) is 0 Å². The maximum absolute atomic E-state index is 12.3. The Kier molecular flexibility index (Phi) is 7.99. The Labute approximate surface area is 220 Å². The Balaban J connectivity index is 1.33. The molecule has 198 valence electrons. The minimum Gasteiger partial charge on any atom is -0.493 e. The number of aryl methyl sites for hydroxylation is 4. The molecule has 0 saturated heterocycles. The number of benzene rings is 2. The smallest absolute Gasteiger partial charge is 0.264 e. The van der Waals surface area contributed by atoms with E-state index in [1.165, 1.54) is 0 Å². The van der Waals surface area contributed by atoms with Crippen molar-refractivity contribution in [2.75, 3.05) is 0 Å².